The first-order chi connectivity index (χ1) is 19.7. The molecule has 10 nitrogen and oxygen atoms in total. The van der Waals surface area contributed by atoms with Crippen LogP contribution < -0.4 is 10.6 Å². The fraction of sp³-hybridized carbons (Fsp3) is 0.903. The van der Waals surface area contributed by atoms with E-state index in [-0.39, 0.29) is 34.3 Å². The lowest BCUT2D eigenvalue weighted by Crippen LogP contribution is -2.45. The van der Waals surface area contributed by atoms with Crippen LogP contribution in [0.2, 0.25) is 6.04 Å². The Kier molecular flexibility index (Phi) is 16.5. The summed E-state index contributed by atoms with van der Waals surface area (Å²) in [6.07, 6.45) is 9.95. The van der Waals surface area contributed by atoms with Gasteiger partial charge in [-0.2, -0.15) is 0 Å². The van der Waals surface area contributed by atoms with Gasteiger partial charge in [0.05, 0.1) is 6.04 Å². The highest BCUT2D eigenvalue weighted by Crippen LogP contribution is 2.46. The molecular formula is C31H59N3O7Si. The number of carbonyl (C=O) groups excluding carboxylic acids is 3. The molecule has 1 saturated carbocycles. The number of aliphatic imine (C=N–C) groups is 1. The smallest absolute Gasteiger partial charge is 0.446 e. The molecule has 2 N–H and O–H groups in total. The Morgan fingerprint density at radius 1 is 1.02 bits per heavy atom. The van der Waals surface area contributed by atoms with E-state index in [9.17, 15) is 14.4 Å². The lowest BCUT2D eigenvalue weighted by Gasteiger charge is -2.45. The van der Waals surface area contributed by atoms with Gasteiger partial charge in [-0.3, -0.25) is 4.79 Å². The van der Waals surface area contributed by atoms with Crippen molar-refractivity contribution in [2.75, 3.05) is 34.4 Å². The van der Waals surface area contributed by atoms with Crippen LogP contribution in [0.5, 0.6) is 0 Å². The number of alkyl carbamates (subject to hydrolysis) is 1. The summed E-state index contributed by atoms with van der Waals surface area (Å²) in [5.41, 5.74) is -0.265. The molecule has 42 heavy (non-hydrogen) atoms. The van der Waals surface area contributed by atoms with Crippen molar-refractivity contribution in [2.24, 2.45) is 21.2 Å². The molecule has 0 aliphatic heterocycles. The van der Waals surface area contributed by atoms with Crippen LogP contribution in [0.1, 0.15) is 112 Å². The van der Waals surface area contributed by atoms with Gasteiger partial charge in [-0.15, -0.1) is 0 Å². The summed E-state index contributed by atoms with van der Waals surface area (Å²) in [7, 11) is 2.19. The second kappa shape index (κ2) is 18.1. The van der Waals surface area contributed by atoms with Crippen LogP contribution in [0.4, 0.5) is 4.79 Å². The molecule has 3 atom stereocenters. The molecular weight excluding hydrogens is 554 g/mol. The second-order valence-corrected chi connectivity index (χ2v) is 17.0. The van der Waals surface area contributed by atoms with Crippen LogP contribution in [0.15, 0.2) is 4.99 Å². The van der Waals surface area contributed by atoms with E-state index in [4.69, 9.17) is 18.0 Å². The molecule has 244 valence electrons. The van der Waals surface area contributed by atoms with Crippen LogP contribution in [0.25, 0.3) is 0 Å². The van der Waals surface area contributed by atoms with Crippen molar-refractivity contribution in [3.05, 3.63) is 0 Å². The lowest BCUT2D eigenvalue weighted by atomic mass is 9.63. The minimum Gasteiger partial charge on any atom is -0.446 e. The van der Waals surface area contributed by atoms with Crippen molar-refractivity contribution in [2.45, 2.75) is 130 Å². The van der Waals surface area contributed by atoms with Crippen molar-refractivity contribution < 1.29 is 32.4 Å². The van der Waals surface area contributed by atoms with Gasteiger partial charge in [-0.1, -0.05) is 54.4 Å². The monoisotopic (exact) mass is 613 g/mol. The van der Waals surface area contributed by atoms with E-state index in [1.165, 1.54) is 0 Å². The first-order valence-corrected chi connectivity index (χ1v) is 17.5. The molecule has 3 unspecified atom stereocenters. The average molecular weight is 614 g/mol. The standard InChI is InChI=1S/C31H59N3O7Si/c1-10-11-14-26(41-28(37)33-23-31(6)20-25(34-24-35)19-30(4,5)21-31)15-12-13-16-27(36)32-22-29(2,3)17-18-42(38-7,39-8)40-9/h25-26H,10-23H2,1-9H3,(H,32,36)(H,33,37). The van der Waals surface area contributed by atoms with Crippen LogP contribution in [-0.4, -0.2) is 73.4 Å². The number of amides is 2. The summed E-state index contributed by atoms with van der Waals surface area (Å²) in [4.78, 5) is 40.1. The molecule has 1 aliphatic carbocycles. The molecule has 11 heteroatoms. The zero-order chi connectivity index (χ0) is 31.9. The predicted molar refractivity (Wildman–Crippen MR) is 167 cm³/mol. The number of carbonyl (C=O) groups is 2. The number of nitrogens with one attached hydrogen (secondary N) is 2. The van der Waals surface area contributed by atoms with E-state index in [0.717, 1.165) is 64.2 Å². The normalized spacial score (nSPS) is 21.2. The maximum Gasteiger partial charge on any atom is 0.500 e. The van der Waals surface area contributed by atoms with Gasteiger partial charge in [0, 0.05) is 46.9 Å². The van der Waals surface area contributed by atoms with Gasteiger partial charge in [0.1, 0.15) is 6.10 Å². The van der Waals surface area contributed by atoms with E-state index in [1.54, 1.807) is 27.4 Å². The summed E-state index contributed by atoms with van der Waals surface area (Å²) in [5.74, 6) is 0.0291. The van der Waals surface area contributed by atoms with Gasteiger partial charge in [-0.05, 0) is 67.6 Å². The fourth-order valence-corrected chi connectivity index (χ4v) is 8.37. The lowest BCUT2D eigenvalue weighted by molar-refractivity contribution is -0.121. The predicted octanol–water partition coefficient (Wildman–Crippen LogP) is 6.16. The third kappa shape index (κ3) is 14.6. The quantitative estimate of drug-likeness (QED) is 0.0729. The van der Waals surface area contributed by atoms with Crippen LogP contribution in [-0.2, 0) is 27.6 Å². The summed E-state index contributed by atoms with van der Waals surface area (Å²) in [5, 5.41) is 6.05. The molecule has 0 radical (unpaired) electrons. The Bertz CT molecular complexity index is 866. The molecule has 0 aromatic carbocycles. The van der Waals surface area contributed by atoms with Crippen molar-refractivity contribution >= 4 is 26.9 Å². The number of ether oxygens (including phenoxy) is 1. The maximum atomic E-state index is 12.8. The number of hydrogen-bond acceptors (Lipinski definition) is 8. The fourth-order valence-electron chi connectivity index (χ4n) is 6.27. The van der Waals surface area contributed by atoms with Crippen LogP contribution >= 0.6 is 0 Å². The van der Waals surface area contributed by atoms with Gasteiger partial charge < -0.3 is 28.6 Å². The number of hydrogen-bond donors (Lipinski definition) is 2. The van der Waals surface area contributed by atoms with Crippen molar-refractivity contribution in [3.8, 4) is 0 Å². The van der Waals surface area contributed by atoms with Crippen molar-refractivity contribution in [1.29, 1.82) is 0 Å². The third-order valence-corrected chi connectivity index (χ3v) is 11.2. The highest BCUT2D eigenvalue weighted by Gasteiger charge is 2.42. The molecule has 2 amide bonds. The molecule has 1 aliphatic rings. The van der Waals surface area contributed by atoms with Crippen molar-refractivity contribution in [1.82, 2.24) is 10.6 Å². The van der Waals surface area contributed by atoms with E-state index in [2.05, 4.69) is 57.2 Å². The SMILES string of the molecule is CCCCC(CCCCC(=O)NCC(C)(C)CC[Si](OC)(OC)OC)OC(=O)NCC1(C)CC(N=C=O)CC(C)(C)C1. The highest BCUT2D eigenvalue weighted by molar-refractivity contribution is 6.60. The average Bonchev–Trinajstić information content (AvgIpc) is 2.92. The van der Waals surface area contributed by atoms with E-state index in [0.29, 0.717) is 25.6 Å². The molecule has 0 spiro atoms. The summed E-state index contributed by atoms with van der Waals surface area (Å²) in [6, 6.07) is 0.608. The minimum absolute atomic E-state index is 0.0286. The summed E-state index contributed by atoms with van der Waals surface area (Å²) >= 11 is 0. The molecule has 0 heterocycles. The molecule has 0 aromatic rings. The van der Waals surface area contributed by atoms with E-state index >= 15 is 0 Å². The Balaban J connectivity index is 2.48. The second-order valence-electron chi connectivity index (χ2n) is 13.9. The minimum atomic E-state index is -2.64. The van der Waals surface area contributed by atoms with E-state index < -0.39 is 14.9 Å². The number of unbranched alkanes of at least 4 members (excludes halogenated alkanes) is 2. The topological polar surface area (TPSA) is 125 Å². The van der Waals surface area contributed by atoms with Crippen molar-refractivity contribution in [3.63, 3.8) is 0 Å². The summed E-state index contributed by atoms with van der Waals surface area (Å²) in [6.45, 7) is 13.9. The van der Waals surface area contributed by atoms with Gasteiger partial charge in [0.2, 0.25) is 12.0 Å². The van der Waals surface area contributed by atoms with Crippen LogP contribution in [0, 0.1) is 16.2 Å². The largest absolute Gasteiger partial charge is 0.500 e. The summed E-state index contributed by atoms with van der Waals surface area (Å²) < 4.78 is 22.4. The van der Waals surface area contributed by atoms with Gasteiger partial charge in [0.15, 0.2) is 0 Å². The number of nitrogens with zero attached hydrogens (tertiary/aromatic N) is 1. The Labute approximate surface area is 255 Å². The van der Waals surface area contributed by atoms with E-state index in [1.807, 2.05) is 0 Å². The first-order valence-electron chi connectivity index (χ1n) is 15.6. The first kappa shape index (κ1) is 38.2. The van der Waals surface area contributed by atoms with Gasteiger partial charge in [0.25, 0.3) is 0 Å². The van der Waals surface area contributed by atoms with Crippen LogP contribution in [0.3, 0.4) is 0 Å². The maximum absolute atomic E-state index is 12.8. The Morgan fingerprint density at radius 2 is 1.67 bits per heavy atom. The zero-order valence-electron chi connectivity index (χ0n) is 27.9. The molecule has 0 aromatic heterocycles. The van der Waals surface area contributed by atoms with Gasteiger partial charge in [-0.25, -0.2) is 14.6 Å². The third-order valence-electron chi connectivity index (χ3n) is 8.46. The van der Waals surface area contributed by atoms with Gasteiger partial charge >= 0.3 is 14.9 Å². The Hall–Kier alpha value is -1.78. The Morgan fingerprint density at radius 3 is 2.26 bits per heavy atom. The molecule has 0 saturated heterocycles. The molecule has 1 fully saturated rings. The number of rotatable bonds is 20. The molecule has 0 bridgehead atoms. The zero-order valence-corrected chi connectivity index (χ0v) is 28.9. The number of isocyanates is 1. The molecule has 1 rings (SSSR count). The highest BCUT2D eigenvalue weighted by atomic mass is 28.4.